The second-order valence-corrected chi connectivity index (χ2v) is 4.96. The van der Waals surface area contributed by atoms with Crippen LogP contribution in [0.4, 0.5) is 0 Å². The van der Waals surface area contributed by atoms with E-state index in [0.717, 1.165) is 25.4 Å². The van der Waals surface area contributed by atoms with Crippen molar-refractivity contribution in [2.75, 3.05) is 33.8 Å². The molecule has 0 aromatic heterocycles. The number of methoxy groups -OCH3 is 1. The number of nitrogens with one attached hydrogen (secondary N) is 1. The van der Waals surface area contributed by atoms with Crippen molar-refractivity contribution < 1.29 is 4.74 Å². The fraction of sp³-hybridized carbons (Fsp3) is 0.571. The van der Waals surface area contributed by atoms with Crippen LogP contribution in [0.3, 0.4) is 0 Å². The summed E-state index contributed by atoms with van der Waals surface area (Å²) >= 11 is 0. The van der Waals surface area contributed by atoms with E-state index < -0.39 is 0 Å². The van der Waals surface area contributed by atoms with Gasteiger partial charge in [0.15, 0.2) is 0 Å². The van der Waals surface area contributed by atoms with Crippen LogP contribution >= 0.6 is 0 Å². The Morgan fingerprint density at radius 2 is 1.94 bits per heavy atom. The smallest absolute Gasteiger partial charge is 0.124 e. The second kappa shape index (κ2) is 5.07. The standard InChI is InChI=1S/C14H22N2O/c1-10-7-12(8-11(2)14(10)17-4)13-9-16(3)6-5-15-13/h7-8,13,15H,5-6,9H2,1-4H3. The van der Waals surface area contributed by atoms with Gasteiger partial charge in [0.05, 0.1) is 7.11 Å². The summed E-state index contributed by atoms with van der Waals surface area (Å²) in [6.07, 6.45) is 0. The van der Waals surface area contributed by atoms with Crippen molar-refractivity contribution in [2.45, 2.75) is 19.9 Å². The summed E-state index contributed by atoms with van der Waals surface area (Å²) in [5.74, 6) is 1.01. The Kier molecular flexibility index (Phi) is 3.69. The van der Waals surface area contributed by atoms with Crippen LogP contribution in [0.5, 0.6) is 5.75 Å². The minimum absolute atomic E-state index is 0.442. The van der Waals surface area contributed by atoms with Crippen LogP contribution in [0.15, 0.2) is 12.1 Å². The van der Waals surface area contributed by atoms with Crippen molar-refractivity contribution in [3.8, 4) is 5.75 Å². The Balaban J connectivity index is 2.27. The summed E-state index contributed by atoms with van der Waals surface area (Å²) in [5.41, 5.74) is 3.81. The normalized spacial score (nSPS) is 21.5. The molecule has 2 rings (SSSR count). The van der Waals surface area contributed by atoms with Gasteiger partial charge in [0, 0.05) is 25.7 Å². The summed E-state index contributed by atoms with van der Waals surface area (Å²) in [5, 5.41) is 3.58. The van der Waals surface area contributed by atoms with Gasteiger partial charge in [-0.15, -0.1) is 0 Å². The molecule has 0 saturated carbocycles. The van der Waals surface area contributed by atoms with E-state index in [4.69, 9.17) is 4.74 Å². The molecular weight excluding hydrogens is 212 g/mol. The van der Waals surface area contributed by atoms with Crippen LogP contribution in [-0.4, -0.2) is 38.7 Å². The van der Waals surface area contributed by atoms with Gasteiger partial charge in [-0.3, -0.25) is 0 Å². The largest absolute Gasteiger partial charge is 0.496 e. The number of benzene rings is 1. The number of hydrogen-bond acceptors (Lipinski definition) is 3. The molecular formula is C14H22N2O. The lowest BCUT2D eigenvalue weighted by Gasteiger charge is -2.31. The Morgan fingerprint density at radius 3 is 2.47 bits per heavy atom. The molecule has 0 bridgehead atoms. The predicted molar refractivity (Wildman–Crippen MR) is 70.7 cm³/mol. The molecule has 1 aliphatic rings. The van der Waals surface area contributed by atoms with Gasteiger partial charge in [-0.2, -0.15) is 0 Å². The molecule has 94 valence electrons. The lowest BCUT2D eigenvalue weighted by molar-refractivity contribution is 0.240. The van der Waals surface area contributed by atoms with Gasteiger partial charge >= 0.3 is 0 Å². The van der Waals surface area contributed by atoms with Crippen molar-refractivity contribution in [3.05, 3.63) is 28.8 Å². The second-order valence-electron chi connectivity index (χ2n) is 4.96. The average molecular weight is 234 g/mol. The van der Waals surface area contributed by atoms with Crippen molar-refractivity contribution in [3.63, 3.8) is 0 Å². The first-order valence-electron chi connectivity index (χ1n) is 6.19. The molecule has 3 heteroatoms. The number of nitrogens with zero attached hydrogens (tertiary/aromatic N) is 1. The van der Waals surface area contributed by atoms with E-state index in [2.05, 4.69) is 43.2 Å². The van der Waals surface area contributed by atoms with Crippen molar-refractivity contribution in [1.82, 2.24) is 10.2 Å². The molecule has 1 aromatic rings. The monoisotopic (exact) mass is 234 g/mol. The van der Waals surface area contributed by atoms with Gasteiger partial charge in [-0.05, 0) is 37.6 Å². The molecule has 3 nitrogen and oxygen atoms in total. The zero-order chi connectivity index (χ0) is 12.4. The molecule has 1 aromatic carbocycles. The van der Waals surface area contributed by atoms with E-state index in [9.17, 15) is 0 Å². The third-order valence-corrected chi connectivity index (χ3v) is 3.47. The molecule has 1 aliphatic heterocycles. The summed E-state index contributed by atoms with van der Waals surface area (Å²) in [6, 6.07) is 4.92. The minimum Gasteiger partial charge on any atom is -0.496 e. The summed E-state index contributed by atoms with van der Waals surface area (Å²) in [7, 11) is 3.92. The Hall–Kier alpha value is -1.06. The van der Waals surface area contributed by atoms with Crippen molar-refractivity contribution in [2.24, 2.45) is 0 Å². The van der Waals surface area contributed by atoms with E-state index in [1.54, 1.807) is 7.11 Å². The zero-order valence-electron chi connectivity index (χ0n) is 11.2. The molecule has 0 radical (unpaired) electrons. The molecule has 1 unspecified atom stereocenters. The fourth-order valence-electron chi connectivity index (χ4n) is 2.63. The molecule has 0 aliphatic carbocycles. The van der Waals surface area contributed by atoms with E-state index >= 15 is 0 Å². The third kappa shape index (κ3) is 2.61. The SMILES string of the molecule is COc1c(C)cc(C2CN(C)CCN2)cc1C. The van der Waals surface area contributed by atoms with E-state index in [-0.39, 0.29) is 0 Å². The molecule has 1 saturated heterocycles. The van der Waals surface area contributed by atoms with E-state index in [1.807, 2.05) is 0 Å². The first kappa shape index (κ1) is 12.4. The molecule has 1 fully saturated rings. The highest BCUT2D eigenvalue weighted by molar-refractivity contribution is 5.44. The Bertz CT molecular complexity index is 380. The van der Waals surface area contributed by atoms with Gasteiger partial charge in [-0.25, -0.2) is 0 Å². The third-order valence-electron chi connectivity index (χ3n) is 3.47. The van der Waals surface area contributed by atoms with Crippen LogP contribution < -0.4 is 10.1 Å². The Labute approximate surface area is 104 Å². The van der Waals surface area contributed by atoms with Crippen LogP contribution in [-0.2, 0) is 0 Å². The predicted octanol–water partition coefficient (Wildman–Crippen LogP) is 1.89. The fourth-order valence-corrected chi connectivity index (χ4v) is 2.63. The van der Waals surface area contributed by atoms with Gasteiger partial charge in [-0.1, -0.05) is 12.1 Å². The summed E-state index contributed by atoms with van der Waals surface area (Å²) in [4.78, 5) is 2.37. The molecule has 0 amide bonds. The number of likely N-dealkylation sites (N-methyl/N-ethyl adjacent to an activating group) is 1. The van der Waals surface area contributed by atoms with Crippen molar-refractivity contribution in [1.29, 1.82) is 0 Å². The first-order chi connectivity index (χ1) is 8.11. The number of piperazine rings is 1. The minimum atomic E-state index is 0.442. The topological polar surface area (TPSA) is 24.5 Å². The molecule has 1 N–H and O–H groups in total. The molecule has 1 heterocycles. The summed E-state index contributed by atoms with van der Waals surface area (Å²) in [6.45, 7) is 7.49. The van der Waals surface area contributed by atoms with Crippen LogP contribution in [0, 0.1) is 13.8 Å². The average Bonchev–Trinajstić information content (AvgIpc) is 2.28. The highest BCUT2D eigenvalue weighted by atomic mass is 16.5. The number of aryl methyl sites for hydroxylation is 2. The highest BCUT2D eigenvalue weighted by Crippen LogP contribution is 2.28. The van der Waals surface area contributed by atoms with Gasteiger partial charge in [0.1, 0.15) is 5.75 Å². The number of rotatable bonds is 2. The zero-order valence-corrected chi connectivity index (χ0v) is 11.2. The molecule has 1 atom stereocenters. The molecule has 17 heavy (non-hydrogen) atoms. The van der Waals surface area contributed by atoms with E-state index in [0.29, 0.717) is 6.04 Å². The number of hydrogen-bond donors (Lipinski definition) is 1. The van der Waals surface area contributed by atoms with Crippen molar-refractivity contribution >= 4 is 0 Å². The number of ether oxygens (including phenoxy) is 1. The molecule has 0 spiro atoms. The summed E-state index contributed by atoms with van der Waals surface area (Å²) < 4.78 is 5.41. The van der Waals surface area contributed by atoms with Crippen LogP contribution in [0.25, 0.3) is 0 Å². The van der Waals surface area contributed by atoms with E-state index in [1.165, 1.54) is 16.7 Å². The first-order valence-corrected chi connectivity index (χ1v) is 6.19. The maximum absolute atomic E-state index is 5.41. The van der Waals surface area contributed by atoms with Gasteiger partial charge in [0.2, 0.25) is 0 Å². The maximum atomic E-state index is 5.41. The highest BCUT2D eigenvalue weighted by Gasteiger charge is 2.19. The van der Waals surface area contributed by atoms with Gasteiger partial charge in [0.25, 0.3) is 0 Å². The van der Waals surface area contributed by atoms with Crippen LogP contribution in [0.1, 0.15) is 22.7 Å². The lowest BCUT2D eigenvalue weighted by Crippen LogP contribution is -2.43. The quantitative estimate of drug-likeness (QED) is 0.845. The lowest BCUT2D eigenvalue weighted by atomic mass is 9.99. The maximum Gasteiger partial charge on any atom is 0.124 e. The Morgan fingerprint density at radius 1 is 1.29 bits per heavy atom. The van der Waals surface area contributed by atoms with Crippen LogP contribution in [0.2, 0.25) is 0 Å². The van der Waals surface area contributed by atoms with Gasteiger partial charge < -0.3 is 15.0 Å².